The van der Waals surface area contributed by atoms with E-state index < -0.39 is 70.7 Å². The molecular weight excluding hydrogens is 618 g/mol. The fourth-order valence-electron chi connectivity index (χ4n) is 1.54. The Bertz CT molecular complexity index is 779. The molecule has 0 radical (unpaired) electrons. The molecule has 0 unspecified atom stereocenters. The van der Waals surface area contributed by atoms with Gasteiger partial charge >= 0.3 is 59.7 Å². The third-order valence-corrected chi connectivity index (χ3v) is 3.47. The Morgan fingerprint density at radius 2 is 0.389 bits per heavy atom. The van der Waals surface area contributed by atoms with Gasteiger partial charge in [-0.05, 0) is 0 Å². The van der Waals surface area contributed by atoms with Gasteiger partial charge in [0.2, 0.25) is 0 Å². The van der Waals surface area contributed by atoms with E-state index in [2.05, 4.69) is 0 Å². The van der Waals surface area contributed by atoms with E-state index in [1.165, 1.54) is 0 Å². The molecule has 0 saturated carbocycles. The van der Waals surface area contributed by atoms with Gasteiger partial charge in [-0.2, -0.15) is 96.6 Å². The van der Waals surface area contributed by atoms with Gasteiger partial charge in [0.1, 0.15) is 0 Å². The summed E-state index contributed by atoms with van der Waals surface area (Å²) in [6, 6.07) is 0. The highest BCUT2D eigenvalue weighted by molar-refractivity contribution is 7.66. The average Bonchev–Trinajstić information content (AvgIpc) is 2.57. The minimum atomic E-state index is -9.24. The normalized spacial score (nSPS) is 16.1. The molecule has 0 atom stereocenters. The van der Waals surface area contributed by atoms with Crippen LogP contribution in [-0.4, -0.2) is 72.7 Å². The summed E-state index contributed by atoms with van der Waals surface area (Å²) in [4.78, 5) is 0. The maximum absolute atomic E-state index is 13.1. The van der Waals surface area contributed by atoms with Crippen LogP contribution in [0.15, 0.2) is 0 Å². The van der Waals surface area contributed by atoms with Gasteiger partial charge in [-0.25, -0.2) is 8.42 Å². The lowest BCUT2D eigenvalue weighted by Gasteiger charge is -2.43. The summed E-state index contributed by atoms with van der Waals surface area (Å²) in [7, 11) is -3.12. The SMILES string of the molecule is FC(F)(F)C(F)(F)C(F)(F)C(F)(F)C(F)(F)C(F)(F)C(F)(F)C(F)(F)C(F)(F)C(F)(F)F.O=[SH](=O)O. The molecule has 26 heteroatoms. The lowest BCUT2D eigenvalue weighted by atomic mass is 9.87. The summed E-state index contributed by atoms with van der Waals surface area (Å²) in [5.74, 6) is -71.5. The van der Waals surface area contributed by atoms with Crippen LogP contribution in [0.4, 0.5) is 96.6 Å². The fourth-order valence-corrected chi connectivity index (χ4v) is 1.54. The summed E-state index contributed by atoms with van der Waals surface area (Å²) in [6.07, 6.45) is -16.1. The van der Waals surface area contributed by atoms with Crippen molar-refractivity contribution >= 4 is 11.0 Å². The Labute approximate surface area is 181 Å². The molecule has 36 heavy (non-hydrogen) atoms. The first-order valence-electron chi connectivity index (χ1n) is 6.97. The minimum Gasteiger partial charge on any atom is -0.288 e. The Kier molecular flexibility index (Phi) is 9.42. The predicted molar refractivity (Wildman–Crippen MR) is 64.6 cm³/mol. The molecule has 0 aliphatic rings. The van der Waals surface area contributed by atoms with Crippen LogP contribution in [0.5, 0.6) is 0 Å². The van der Waals surface area contributed by atoms with Crippen LogP contribution in [0.1, 0.15) is 0 Å². The highest BCUT2D eigenvalue weighted by Crippen LogP contribution is 2.66. The molecule has 0 aromatic heterocycles. The van der Waals surface area contributed by atoms with Crippen molar-refractivity contribution in [1.82, 2.24) is 0 Å². The van der Waals surface area contributed by atoms with Crippen molar-refractivity contribution in [2.45, 2.75) is 59.7 Å². The lowest BCUT2D eigenvalue weighted by Crippen LogP contribution is -2.76. The predicted octanol–water partition coefficient (Wildman–Crippen LogP) is 6.26. The molecule has 0 aliphatic carbocycles. The van der Waals surface area contributed by atoms with Crippen LogP contribution >= 0.6 is 0 Å². The monoisotopic (exact) mass is 620 g/mol. The zero-order chi connectivity index (χ0) is 30.6. The van der Waals surface area contributed by atoms with E-state index in [0.717, 1.165) is 0 Å². The van der Waals surface area contributed by atoms with Crippen LogP contribution in [0.3, 0.4) is 0 Å². The van der Waals surface area contributed by atoms with E-state index >= 15 is 0 Å². The van der Waals surface area contributed by atoms with Crippen molar-refractivity contribution in [2.24, 2.45) is 0 Å². The second-order valence-electron chi connectivity index (χ2n) is 5.83. The summed E-state index contributed by atoms with van der Waals surface area (Å²) >= 11 is 0. The molecule has 0 bridgehead atoms. The molecule has 0 aromatic rings. The number of hydrogen-bond acceptors (Lipinski definition) is 2. The third-order valence-electron chi connectivity index (χ3n) is 3.47. The molecule has 220 valence electrons. The summed E-state index contributed by atoms with van der Waals surface area (Å²) < 4.78 is 300. The van der Waals surface area contributed by atoms with Gasteiger partial charge in [0.25, 0.3) is 11.0 Å². The number of hydrogen-bond donors (Lipinski definition) is 2. The van der Waals surface area contributed by atoms with E-state index in [-0.39, 0.29) is 0 Å². The van der Waals surface area contributed by atoms with Crippen LogP contribution in [0, 0.1) is 0 Å². The number of rotatable bonds is 7. The topological polar surface area (TPSA) is 54.4 Å². The minimum absolute atomic E-state index is 3.12. The van der Waals surface area contributed by atoms with E-state index in [9.17, 15) is 96.6 Å². The molecule has 0 fully saturated rings. The molecule has 0 heterocycles. The highest BCUT2D eigenvalue weighted by atomic mass is 32.2. The number of thiol groups is 1. The van der Waals surface area contributed by atoms with Gasteiger partial charge in [-0.15, -0.1) is 0 Å². The number of halogens is 22. The number of alkyl halides is 22. The van der Waals surface area contributed by atoms with Crippen LogP contribution in [0.2, 0.25) is 0 Å². The maximum atomic E-state index is 13.1. The summed E-state index contributed by atoms with van der Waals surface area (Å²) in [5.41, 5.74) is 0. The largest absolute Gasteiger partial charge is 0.460 e. The van der Waals surface area contributed by atoms with Crippen molar-refractivity contribution in [1.29, 1.82) is 0 Å². The zero-order valence-corrected chi connectivity index (χ0v) is 15.9. The second kappa shape index (κ2) is 9.28. The average molecular weight is 620 g/mol. The van der Waals surface area contributed by atoms with Crippen molar-refractivity contribution in [3.8, 4) is 0 Å². The smallest absolute Gasteiger partial charge is 0.288 e. The quantitative estimate of drug-likeness (QED) is 0.201. The van der Waals surface area contributed by atoms with E-state index in [0.29, 0.717) is 0 Å². The Morgan fingerprint density at radius 1 is 0.306 bits per heavy atom. The Hall–Kier alpha value is -1.63. The summed E-state index contributed by atoms with van der Waals surface area (Å²) in [6.45, 7) is 0. The second-order valence-corrected chi connectivity index (χ2v) is 6.30. The first kappa shape index (κ1) is 36.5. The molecule has 0 aromatic carbocycles. The van der Waals surface area contributed by atoms with Gasteiger partial charge in [0.05, 0.1) is 0 Å². The van der Waals surface area contributed by atoms with Crippen molar-refractivity contribution < 1.29 is 110 Å². The van der Waals surface area contributed by atoms with Gasteiger partial charge < -0.3 is 0 Å². The molecular formula is C10H2F22O3S. The van der Waals surface area contributed by atoms with E-state index in [1.807, 2.05) is 0 Å². The highest BCUT2D eigenvalue weighted by Gasteiger charge is 2.98. The molecule has 0 saturated heterocycles. The van der Waals surface area contributed by atoms with Gasteiger partial charge in [0, 0.05) is 0 Å². The van der Waals surface area contributed by atoms with Crippen LogP contribution < -0.4 is 0 Å². The van der Waals surface area contributed by atoms with Crippen molar-refractivity contribution in [3.05, 3.63) is 0 Å². The van der Waals surface area contributed by atoms with E-state index in [4.69, 9.17) is 13.0 Å². The van der Waals surface area contributed by atoms with E-state index in [1.54, 1.807) is 0 Å². The van der Waals surface area contributed by atoms with Crippen molar-refractivity contribution in [3.63, 3.8) is 0 Å². The van der Waals surface area contributed by atoms with Crippen molar-refractivity contribution in [2.75, 3.05) is 0 Å². The summed E-state index contributed by atoms with van der Waals surface area (Å²) in [5, 5.41) is 0. The molecule has 0 rings (SSSR count). The van der Waals surface area contributed by atoms with Crippen LogP contribution in [-0.2, 0) is 11.0 Å². The molecule has 1 N–H and O–H groups in total. The first-order valence-corrected chi connectivity index (χ1v) is 8.10. The van der Waals surface area contributed by atoms with Gasteiger partial charge in [-0.3, -0.25) is 4.55 Å². The first-order chi connectivity index (χ1) is 15.0. The standard InChI is InChI=1S/C10F22.H2O3S/c11-1(12,3(15,16)5(19,20)7(23,24)9(27,28)29)2(13,14)4(17,18)6(21,22)8(25,26)10(30,31)32;1-4(2)3/h;4H,(H,1,2,3). The molecule has 0 spiro atoms. The van der Waals surface area contributed by atoms with Gasteiger partial charge in [0.15, 0.2) is 0 Å². The maximum Gasteiger partial charge on any atom is 0.460 e. The zero-order valence-electron chi connectivity index (χ0n) is 15.0. The third kappa shape index (κ3) is 5.06. The molecule has 3 nitrogen and oxygen atoms in total. The van der Waals surface area contributed by atoms with Gasteiger partial charge in [-0.1, -0.05) is 0 Å². The Balaban J connectivity index is 0. The fraction of sp³-hybridized carbons (Fsp3) is 1.00. The Morgan fingerprint density at radius 3 is 0.472 bits per heavy atom. The lowest BCUT2D eigenvalue weighted by molar-refractivity contribution is -0.478. The van der Waals surface area contributed by atoms with Crippen LogP contribution in [0.25, 0.3) is 0 Å². The molecule has 0 aliphatic heterocycles. The molecule has 0 amide bonds.